The number of hydrogen-bond acceptors (Lipinski definition) is 5. The number of nitrogens with two attached hydrogens (primary N) is 1. The fourth-order valence-corrected chi connectivity index (χ4v) is 2.24. The Bertz CT molecular complexity index is 503. The number of nitrogen functional groups attached to an aromatic ring is 1. The first kappa shape index (κ1) is 11.2. The molecule has 3 N–H and O–H groups in total. The van der Waals surface area contributed by atoms with Crippen molar-refractivity contribution < 1.29 is 19.4 Å². The number of hydrogen-bond donors (Lipinski definition) is 2. The summed E-state index contributed by atoms with van der Waals surface area (Å²) in [5.74, 6) is 0.917. The molecule has 3 rings (SSSR count). The molecule has 96 valence electrons. The third-order valence-corrected chi connectivity index (χ3v) is 3.23. The molecule has 1 atom stereocenters. The lowest BCUT2D eigenvalue weighted by molar-refractivity contribution is 0.0765. The first-order valence-electron chi connectivity index (χ1n) is 5.81. The Morgan fingerprint density at radius 3 is 2.78 bits per heavy atom. The van der Waals surface area contributed by atoms with E-state index in [0.717, 1.165) is 0 Å². The highest BCUT2D eigenvalue weighted by Gasteiger charge is 2.28. The van der Waals surface area contributed by atoms with E-state index < -0.39 is 6.10 Å². The van der Waals surface area contributed by atoms with Crippen LogP contribution in [0.25, 0.3) is 0 Å². The number of carbonyl (C=O) groups excluding carboxylic acids is 1. The van der Waals surface area contributed by atoms with Crippen molar-refractivity contribution >= 4 is 11.6 Å². The highest BCUT2D eigenvalue weighted by molar-refractivity contribution is 6.00. The summed E-state index contributed by atoms with van der Waals surface area (Å²) in [7, 11) is 0. The third-order valence-electron chi connectivity index (χ3n) is 3.23. The molecule has 0 unspecified atom stereocenters. The normalized spacial score (nSPS) is 21.4. The Hall–Kier alpha value is -1.95. The number of rotatable bonds is 1. The van der Waals surface area contributed by atoms with Crippen LogP contribution in [0.4, 0.5) is 5.69 Å². The van der Waals surface area contributed by atoms with E-state index in [4.69, 9.17) is 15.2 Å². The molecule has 1 amide bonds. The largest absolute Gasteiger partial charge is 0.454 e. The molecule has 6 heteroatoms. The average Bonchev–Trinajstić information content (AvgIpc) is 2.95. The fourth-order valence-electron chi connectivity index (χ4n) is 2.24. The second-order valence-electron chi connectivity index (χ2n) is 4.49. The average molecular weight is 250 g/mol. The van der Waals surface area contributed by atoms with Crippen LogP contribution in [0, 0.1) is 0 Å². The minimum Gasteiger partial charge on any atom is -0.454 e. The second kappa shape index (κ2) is 4.06. The van der Waals surface area contributed by atoms with Gasteiger partial charge in [-0.3, -0.25) is 4.79 Å². The van der Waals surface area contributed by atoms with Crippen LogP contribution in [-0.2, 0) is 0 Å². The van der Waals surface area contributed by atoms with Crippen molar-refractivity contribution in [3.8, 4) is 11.5 Å². The maximum Gasteiger partial charge on any atom is 0.256 e. The number of benzene rings is 1. The van der Waals surface area contributed by atoms with Gasteiger partial charge in [0.2, 0.25) is 6.79 Å². The molecule has 2 heterocycles. The number of likely N-dealkylation sites (tertiary alicyclic amines) is 1. The van der Waals surface area contributed by atoms with Crippen LogP contribution < -0.4 is 15.2 Å². The molecule has 2 aliphatic rings. The molecule has 0 saturated carbocycles. The van der Waals surface area contributed by atoms with E-state index in [9.17, 15) is 9.90 Å². The number of ether oxygens (including phenoxy) is 2. The lowest BCUT2D eigenvalue weighted by Crippen LogP contribution is -2.30. The van der Waals surface area contributed by atoms with Gasteiger partial charge < -0.3 is 25.2 Å². The maximum absolute atomic E-state index is 12.3. The predicted molar refractivity (Wildman–Crippen MR) is 63.5 cm³/mol. The minimum absolute atomic E-state index is 0.148. The Balaban J connectivity index is 1.90. The van der Waals surface area contributed by atoms with Gasteiger partial charge in [-0.1, -0.05) is 0 Å². The molecule has 1 aromatic carbocycles. The van der Waals surface area contributed by atoms with E-state index in [-0.39, 0.29) is 12.7 Å². The first-order valence-corrected chi connectivity index (χ1v) is 5.81. The summed E-state index contributed by atoms with van der Waals surface area (Å²) in [6.07, 6.45) is 0.167. The van der Waals surface area contributed by atoms with Gasteiger partial charge in [0.1, 0.15) is 0 Å². The van der Waals surface area contributed by atoms with E-state index >= 15 is 0 Å². The number of carbonyl (C=O) groups is 1. The molecule has 1 aromatic rings. The third kappa shape index (κ3) is 1.74. The highest BCUT2D eigenvalue weighted by Crippen LogP contribution is 2.36. The number of fused-ring (bicyclic) bond motifs is 1. The summed E-state index contributed by atoms with van der Waals surface area (Å²) in [6, 6.07) is 3.20. The minimum atomic E-state index is -0.441. The second-order valence-corrected chi connectivity index (χ2v) is 4.49. The smallest absolute Gasteiger partial charge is 0.256 e. The number of aliphatic hydroxyl groups excluding tert-OH is 1. The van der Waals surface area contributed by atoms with Crippen LogP contribution in [0.5, 0.6) is 11.5 Å². The zero-order valence-corrected chi connectivity index (χ0v) is 9.76. The van der Waals surface area contributed by atoms with Gasteiger partial charge in [0.15, 0.2) is 11.5 Å². The lowest BCUT2D eigenvalue weighted by atomic mass is 10.1. The van der Waals surface area contributed by atoms with Gasteiger partial charge in [-0.05, 0) is 12.5 Å². The van der Waals surface area contributed by atoms with Crippen molar-refractivity contribution in [1.82, 2.24) is 4.90 Å². The van der Waals surface area contributed by atoms with E-state index in [1.54, 1.807) is 17.0 Å². The Labute approximate surface area is 104 Å². The Morgan fingerprint density at radius 1 is 1.39 bits per heavy atom. The zero-order chi connectivity index (χ0) is 12.7. The summed E-state index contributed by atoms with van der Waals surface area (Å²) in [5.41, 5.74) is 6.61. The molecule has 1 saturated heterocycles. The van der Waals surface area contributed by atoms with Crippen LogP contribution in [0.1, 0.15) is 16.8 Å². The summed E-state index contributed by atoms with van der Waals surface area (Å²) < 4.78 is 10.4. The van der Waals surface area contributed by atoms with Crippen molar-refractivity contribution in [2.45, 2.75) is 12.5 Å². The fraction of sp³-hybridized carbons (Fsp3) is 0.417. The van der Waals surface area contributed by atoms with Crippen molar-refractivity contribution in [3.63, 3.8) is 0 Å². The molecule has 6 nitrogen and oxygen atoms in total. The number of aliphatic hydroxyl groups is 1. The van der Waals surface area contributed by atoms with E-state index in [0.29, 0.717) is 42.3 Å². The predicted octanol–water partition coefficient (Wildman–Crippen LogP) is 0.204. The van der Waals surface area contributed by atoms with Gasteiger partial charge in [0, 0.05) is 24.8 Å². The van der Waals surface area contributed by atoms with Crippen molar-refractivity contribution in [1.29, 1.82) is 0 Å². The molecule has 0 aromatic heterocycles. The zero-order valence-electron chi connectivity index (χ0n) is 9.76. The van der Waals surface area contributed by atoms with Gasteiger partial charge in [0.05, 0.1) is 11.7 Å². The monoisotopic (exact) mass is 250 g/mol. The van der Waals surface area contributed by atoms with E-state index in [1.165, 1.54) is 0 Å². The van der Waals surface area contributed by atoms with Gasteiger partial charge in [-0.15, -0.1) is 0 Å². The number of β-amino-alcohol motifs (C(OH)–C–C–N with tert-alkyl or cyclic N) is 1. The molecule has 2 aliphatic heterocycles. The summed E-state index contributed by atoms with van der Waals surface area (Å²) in [6.45, 7) is 1.05. The summed E-state index contributed by atoms with van der Waals surface area (Å²) >= 11 is 0. The summed E-state index contributed by atoms with van der Waals surface area (Å²) in [4.78, 5) is 13.8. The Kier molecular flexibility index (Phi) is 2.52. The van der Waals surface area contributed by atoms with Gasteiger partial charge in [-0.2, -0.15) is 0 Å². The molecule has 18 heavy (non-hydrogen) atoms. The molecule has 0 aliphatic carbocycles. The van der Waals surface area contributed by atoms with Crippen LogP contribution in [0.15, 0.2) is 12.1 Å². The maximum atomic E-state index is 12.3. The summed E-state index contributed by atoms with van der Waals surface area (Å²) in [5, 5.41) is 9.45. The quantitative estimate of drug-likeness (QED) is 0.696. The molecule has 1 fully saturated rings. The number of nitrogens with zero attached hydrogens (tertiary/aromatic N) is 1. The van der Waals surface area contributed by atoms with Crippen LogP contribution >= 0.6 is 0 Å². The van der Waals surface area contributed by atoms with Gasteiger partial charge in [0.25, 0.3) is 5.91 Å². The van der Waals surface area contributed by atoms with Crippen molar-refractivity contribution in [2.24, 2.45) is 0 Å². The molecule has 0 bridgehead atoms. The lowest BCUT2D eigenvalue weighted by Gasteiger charge is -2.17. The van der Waals surface area contributed by atoms with E-state index in [1.807, 2.05) is 0 Å². The first-order chi connectivity index (χ1) is 8.65. The van der Waals surface area contributed by atoms with Gasteiger partial charge >= 0.3 is 0 Å². The Morgan fingerprint density at radius 2 is 2.11 bits per heavy atom. The molecule has 0 radical (unpaired) electrons. The molecular weight excluding hydrogens is 236 g/mol. The standard InChI is InChI=1S/C12H14N2O4/c13-9-4-11-10(17-6-18-11)3-8(9)12(16)14-2-1-7(15)5-14/h3-4,7,15H,1-2,5-6,13H2/t7-/m1/s1. The molecular formula is C12H14N2O4. The van der Waals surface area contributed by atoms with Crippen LogP contribution in [0.2, 0.25) is 0 Å². The number of amides is 1. The van der Waals surface area contributed by atoms with Crippen molar-refractivity contribution in [2.75, 3.05) is 25.6 Å². The van der Waals surface area contributed by atoms with E-state index in [2.05, 4.69) is 0 Å². The SMILES string of the molecule is Nc1cc2c(cc1C(=O)N1CC[C@@H](O)C1)OCO2. The van der Waals surface area contributed by atoms with Crippen LogP contribution in [0.3, 0.4) is 0 Å². The topological polar surface area (TPSA) is 85.0 Å². The number of anilines is 1. The van der Waals surface area contributed by atoms with Gasteiger partial charge in [-0.25, -0.2) is 0 Å². The van der Waals surface area contributed by atoms with Crippen LogP contribution in [-0.4, -0.2) is 41.9 Å². The molecule has 0 spiro atoms. The van der Waals surface area contributed by atoms with Crippen molar-refractivity contribution in [3.05, 3.63) is 17.7 Å². The highest BCUT2D eigenvalue weighted by atomic mass is 16.7.